The first-order valence-corrected chi connectivity index (χ1v) is 10.2. The Morgan fingerprint density at radius 3 is 2.67 bits per heavy atom. The summed E-state index contributed by atoms with van der Waals surface area (Å²) in [5.41, 5.74) is 3.09. The fourth-order valence-electron chi connectivity index (χ4n) is 4.11. The largest absolute Gasteiger partial charge is 0.438 e. The molecule has 5 rings (SSSR count). The topological polar surface area (TPSA) is 71.1 Å². The van der Waals surface area contributed by atoms with Gasteiger partial charge in [-0.25, -0.2) is 4.98 Å². The third-order valence-electron chi connectivity index (χ3n) is 5.56. The number of halogens is 1. The predicted molar refractivity (Wildman–Crippen MR) is 116 cm³/mol. The van der Waals surface area contributed by atoms with Gasteiger partial charge in [0.1, 0.15) is 17.6 Å². The number of aliphatic hydroxyl groups is 1. The lowest BCUT2D eigenvalue weighted by Gasteiger charge is -2.29. The summed E-state index contributed by atoms with van der Waals surface area (Å²) in [6.07, 6.45) is 2.18. The van der Waals surface area contributed by atoms with Gasteiger partial charge in [0, 0.05) is 35.0 Å². The fourth-order valence-corrected chi connectivity index (χ4v) is 4.24. The molecule has 0 radical (unpaired) electrons. The third-order valence-corrected chi connectivity index (χ3v) is 5.81. The zero-order chi connectivity index (χ0) is 20.7. The molecule has 5 nitrogen and oxygen atoms in total. The van der Waals surface area contributed by atoms with E-state index in [0.29, 0.717) is 29.4 Å². The Balaban J connectivity index is 1.78. The van der Waals surface area contributed by atoms with Crippen LogP contribution >= 0.6 is 11.6 Å². The van der Waals surface area contributed by atoms with E-state index >= 15 is 0 Å². The molecule has 1 aliphatic heterocycles. The number of hydrogen-bond donors (Lipinski definition) is 2. The molecular weight excluding hydrogens is 398 g/mol. The maximum atomic E-state index is 9.21. The lowest BCUT2D eigenvalue weighted by Crippen LogP contribution is -2.30. The summed E-state index contributed by atoms with van der Waals surface area (Å²) < 4.78 is 8.04. The Labute approximate surface area is 178 Å². The van der Waals surface area contributed by atoms with Gasteiger partial charge in [0.2, 0.25) is 5.88 Å². The highest BCUT2D eigenvalue weighted by Gasteiger charge is 2.33. The second-order valence-electron chi connectivity index (χ2n) is 7.37. The first kappa shape index (κ1) is 18.9. The molecule has 6 heteroatoms. The average Bonchev–Trinajstić information content (AvgIpc) is 2.78. The van der Waals surface area contributed by atoms with Crippen molar-refractivity contribution >= 4 is 22.4 Å². The molecule has 0 bridgehead atoms. The van der Waals surface area contributed by atoms with Gasteiger partial charge in [-0.1, -0.05) is 60.1 Å². The number of nitrogens with one attached hydrogen (secondary N) is 1. The molecule has 0 fully saturated rings. The van der Waals surface area contributed by atoms with Crippen LogP contribution in [0.25, 0.3) is 10.8 Å². The summed E-state index contributed by atoms with van der Waals surface area (Å²) in [7, 11) is 0. The van der Waals surface area contributed by atoms with Gasteiger partial charge in [0.25, 0.3) is 0 Å². The monoisotopic (exact) mass is 417 g/mol. The molecular formula is C24H20ClN3O2. The Morgan fingerprint density at radius 2 is 1.87 bits per heavy atom. The van der Waals surface area contributed by atoms with E-state index in [1.165, 1.54) is 0 Å². The van der Waals surface area contributed by atoms with Gasteiger partial charge in [-0.2, -0.15) is 0 Å². The molecule has 0 saturated heterocycles. The molecule has 150 valence electrons. The van der Waals surface area contributed by atoms with Crippen molar-refractivity contribution in [2.45, 2.75) is 18.9 Å². The fraction of sp³-hybridized carbons (Fsp3) is 0.167. The van der Waals surface area contributed by atoms with Gasteiger partial charge in [0.15, 0.2) is 0 Å². The first-order chi connectivity index (χ1) is 14.7. The third kappa shape index (κ3) is 3.07. The van der Waals surface area contributed by atoms with Gasteiger partial charge in [-0.3, -0.25) is 5.41 Å². The number of aromatic nitrogens is 2. The SMILES string of the molecule is N=c1c2c(ncn1CCCO)Oc1c(ccc3ccccc13)C2c1ccc(Cl)cc1. The molecule has 2 N–H and O–H groups in total. The van der Waals surface area contributed by atoms with Crippen LogP contribution < -0.4 is 10.2 Å². The van der Waals surface area contributed by atoms with E-state index in [9.17, 15) is 5.11 Å². The highest BCUT2D eigenvalue weighted by molar-refractivity contribution is 6.30. The lowest BCUT2D eigenvalue weighted by atomic mass is 9.83. The molecule has 1 atom stereocenters. The number of benzene rings is 3. The summed E-state index contributed by atoms with van der Waals surface area (Å²) in [6, 6.07) is 20.0. The predicted octanol–water partition coefficient (Wildman–Crippen LogP) is 4.84. The minimum atomic E-state index is -0.202. The Bertz CT molecular complexity index is 1300. The van der Waals surface area contributed by atoms with Crippen molar-refractivity contribution in [2.75, 3.05) is 6.61 Å². The smallest absolute Gasteiger partial charge is 0.228 e. The summed E-state index contributed by atoms with van der Waals surface area (Å²) >= 11 is 6.14. The Kier molecular flexibility index (Phi) is 4.77. The highest BCUT2D eigenvalue weighted by atomic mass is 35.5. The number of aryl methyl sites for hydroxylation is 1. The van der Waals surface area contributed by atoms with Crippen LogP contribution in [0.5, 0.6) is 11.6 Å². The van der Waals surface area contributed by atoms with Gasteiger partial charge in [0.05, 0.1) is 5.56 Å². The molecule has 4 aromatic rings. The van der Waals surface area contributed by atoms with Crippen LogP contribution in [0.3, 0.4) is 0 Å². The number of rotatable bonds is 4. The molecule has 1 unspecified atom stereocenters. The van der Waals surface area contributed by atoms with E-state index in [1.54, 1.807) is 10.9 Å². The number of fused-ring (bicyclic) bond motifs is 4. The highest BCUT2D eigenvalue weighted by Crippen LogP contribution is 2.47. The number of ether oxygens (including phenoxy) is 1. The molecule has 1 aliphatic rings. The standard InChI is InChI=1S/C24H20ClN3O2/c25-17-9-6-16(7-10-17)20-19-11-8-15-4-1-2-5-18(15)22(19)30-24-21(20)23(26)28(14-27-24)12-3-13-29/h1-2,4-11,14,20,26,29H,3,12-13H2. The van der Waals surface area contributed by atoms with Crippen LogP contribution in [-0.2, 0) is 6.54 Å². The summed E-state index contributed by atoms with van der Waals surface area (Å²) in [4.78, 5) is 4.54. The van der Waals surface area contributed by atoms with Crippen molar-refractivity contribution in [3.8, 4) is 11.6 Å². The Hall–Kier alpha value is -3.15. The molecule has 30 heavy (non-hydrogen) atoms. The minimum Gasteiger partial charge on any atom is -0.438 e. The van der Waals surface area contributed by atoms with Gasteiger partial charge in [-0.15, -0.1) is 0 Å². The van der Waals surface area contributed by atoms with Crippen LogP contribution in [0.4, 0.5) is 0 Å². The van der Waals surface area contributed by atoms with Crippen LogP contribution in [-0.4, -0.2) is 21.3 Å². The molecule has 0 saturated carbocycles. The first-order valence-electron chi connectivity index (χ1n) is 9.87. The van der Waals surface area contributed by atoms with E-state index < -0.39 is 0 Å². The minimum absolute atomic E-state index is 0.0649. The van der Waals surface area contributed by atoms with E-state index in [1.807, 2.05) is 42.5 Å². The normalized spacial score (nSPS) is 14.8. The summed E-state index contributed by atoms with van der Waals surface area (Å²) in [6.45, 7) is 0.586. The van der Waals surface area contributed by atoms with Crippen molar-refractivity contribution in [1.82, 2.24) is 9.55 Å². The number of aliphatic hydroxyl groups excluding tert-OH is 1. The van der Waals surface area contributed by atoms with Crippen molar-refractivity contribution in [1.29, 1.82) is 5.41 Å². The van der Waals surface area contributed by atoms with Gasteiger partial charge in [-0.05, 0) is 29.5 Å². The maximum Gasteiger partial charge on any atom is 0.228 e. The van der Waals surface area contributed by atoms with Crippen LogP contribution in [0.1, 0.15) is 29.0 Å². The van der Waals surface area contributed by atoms with Crippen LogP contribution in [0.2, 0.25) is 5.02 Å². The van der Waals surface area contributed by atoms with Crippen molar-refractivity contribution in [3.63, 3.8) is 0 Å². The zero-order valence-corrected chi connectivity index (χ0v) is 16.9. The van der Waals surface area contributed by atoms with Crippen molar-refractivity contribution in [3.05, 3.63) is 94.2 Å². The van der Waals surface area contributed by atoms with Crippen LogP contribution in [0, 0.1) is 5.41 Å². The quantitative estimate of drug-likeness (QED) is 0.439. The van der Waals surface area contributed by atoms with Gasteiger partial charge >= 0.3 is 0 Å². The van der Waals surface area contributed by atoms with Crippen molar-refractivity contribution < 1.29 is 9.84 Å². The second kappa shape index (κ2) is 7.59. The second-order valence-corrected chi connectivity index (χ2v) is 7.81. The summed E-state index contributed by atoms with van der Waals surface area (Å²) in [5.74, 6) is 1.02. The molecule has 0 spiro atoms. The number of nitrogens with zero attached hydrogens (tertiary/aromatic N) is 2. The van der Waals surface area contributed by atoms with Crippen molar-refractivity contribution in [2.24, 2.45) is 0 Å². The lowest BCUT2D eigenvalue weighted by molar-refractivity contribution is 0.278. The van der Waals surface area contributed by atoms with E-state index in [0.717, 1.165) is 33.2 Å². The molecule has 2 heterocycles. The summed E-state index contributed by atoms with van der Waals surface area (Å²) in [5, 5.41) is 20.9. The Morgan fingerprint density at radius 1 is 1.07 bits per heavy atom. The molecule has 0 amide bonds. The van der Waals surface area contributed by atoms with Crippen LogP contribution in [0.15, 0.2) is 67.0 Å². The zero-order valence-electron chi connectivity index (χ0n) is 16.2. The molecule has 1 aromatic heterocycles. The molecule has 0 aliphatic carbocycles. The maximum absolute atomic E-state index is 9.21. The number of hydrogen-bond acceptors (Lipinski definition) is 4. The van der Waals surface area contributed by atoms with E-state index in [-0.39, 0.29) is 12.5 Å². The molecule has 3 aromatic carbocycles. The van der Waals surface area contributed by atoms with E-state index in [4.69, 9.17) is 21.7 Å². The average molecular weight is 418 g/mol. The van der Waals surface area contributed by atoms with E-state index in [2.05, 4.69) is 23.2 Å². The van der Waals surface area contributed by atoms with Gasteiger partial charge < -0.3 is 14.4 Å².